The highest BCUT2D eigenvalue weighted by atomic mass is 35.5. The number of nitrogens with zero attached hydrogens (tertiary/aromatic N) is 4. The summed E-state index contributed by atoms with van der Waals surface area (Å²) in [6.45, 7) is -0.315. The van der Waals surface area contributed by atoms with Gasteiger partial charge in [0.2, 0.25) is 0 Å². The molecule has 0 aliphatic carbocycles. The lowest BCUT2D eigenvalue weighted by Gasteiger charge is -2.15. The number of nitrogen functional groups attached to an aromatic ring is 1. The highest BCUT2D eigenvalue weighted by molar-refractivity contribution is 6.21. The number of anilines is 1. The van der Waals surface area contributed by atoms with Crippen LogP contribution in [0.2, 0.25) is 0 Å². The van der Waals surface area contributed by atoms with Crippen molar-refractivity contribution >= 4 is 28.6 Å². The van der Waals surface area contributed by atoms with Crippen LogP contribution in [0.1, 0.15) is 6.23 Å². The summed E-state index contributed by atoms with van der Waals surface area (Å²) in [5.41, 5.74) is 6.60. The summed E-state index contributed by atoms with van der Waals surface area (Å²) < 4.78 is 7.09. The molecular formula is C10H12ClN5O3. The highest BCUT2D eigenvalue weighted by Gasteiger charge is 2.43. The Labute approximate surface area is 112 Å². The zero-order chi connectivity index (χ0) is 13.6. The van der Waals surface area contributed by atoms with Crippen LogP contribution < -0.4 is 5.73 Å². The van der Waals surface area contributed by atoms with Gasteiger partial charge in [0.05, 0.1) is 12.9 Å². The fourth-order valence-electron chi connectivity index (χ4n) is 2.13. The summed E-state index contributed by atoms with van der Waals surface area (Å²) in [4.78, 5) is 12.0. The van der Waals surface area contributed by atoms with Crippen molar-refractivity contribution in [1.29, 1.82) is 0 Å². The van der Waals surface area contributed by atoms with Crippen molar-refractivity contribution in [1.82, 2.24) is 19.5 Å². The molecule has 0 aromatic carbocycles. The fourth-order valence-corrected chi connectivity index (χ4v) is 2.48. The van der Waals surface area contributed by atoms with E-state index in [1.165, 1.54) is 12.7 Å². The summed E-state index contributed by atoms with van der Waals surface area (Å²) in [7, 11) is 0. The van der Waals surface area contributed by atoms with Gasteiger partial charge in [-0.15, -0.1) is 11.6 Å². The van der Waals surface area contributed by atoms with Crippen LogP contribution in [-0.4, -0.2) is 53.9 Å². The van der Waals surface area contributed by atoms with Crippen molar-refractivity contribution in [3.05, 3.63) is 12.7 Å². The number of hydrogen-bond acceptors (Lipinski definition) is 7. The van der Waals surface area contributed by atoms with Crippen LogP contribution in [0.25, 0.3) is 11.2 Å². The van der Waals surface area contributed by atoms with E-state index in [4.69, 9.17) is 27.2 Å². The summed E-state index contributed by atoms with van der Waals surface area (Å²) in [5, 5.41) is 18.2. The average Bonchev–Trinajstić information content (AvgIpc) is 2.94. The smallest absolute Gasteiger partial charge is 0.167 e. The number of aliphatic hydroxyl groups is 2. The molecule has 1 saturated heterocycles. The van der Waals surface area contributed by atoms with E-state index in [-0.39, 0.29) is 12.4 Å². The molecule has 3 rings (SSSR count). The lowest BCUT2D eigenvalue weighted by molar-refractivity contribution is -0.0431. The number of aromatic nitrogens is 4. The summed E-state index contributed by atoms with van der Waals surface area (Å²) >= 11 is 6.12. The zero-order valence-corrected chi connectivity index (χ0v) is 10.5. The summed E-state index contributed by atoms with van der Waals surface area (Å²) in [6, 6.07) is 0. The predicted octanol–water partition coefficient (Wildman–Crippen LogP) is -0.734. The number of halogens is 1. The predicted molar refractivity (Wildman–Crippen MR) is 66.4 cm³/mol. The maximum Gasteiger partial charge on any atom is 0.167 e. The number of fused-ring (bicyclic) bond motifs is 1. The minimum atomic E-state index is -0.965. The molecule has 1 fully saturated rings. The number of ether oxygens (including phenoxy) is 1. The van der Waals surface area contributed by atoms with Gasteiger partial charge < -0.3 is 20.7 Å². The number of aliphatic hydroxyl groups excluding tert-OH is 2. The third-order valence-electron chi connectivity index (χ3n) is 3.13. The Hall–Kier alpha value is -1.48. The molecule has 9 heteroatoms. The Morgan fingerprint density at radius 1 is 1.42 bits per heavy atom. The molecule has 1 aliphatic rings. The number of alkyl halides is 1. The van der Waals surface area contributed by atoms with Gasteiger partial charge in [0.1, 0.15) is 29.4 Å². The second-order valence-corrected chi connectivity index (χ2v) is 4.77. The molecular weight excluding hydrogens is 274 g/mol. The summed E-state index contributed by atoms with van der Waals surface area (Å²) in [5.74, 6) is 0.257. The van der Waals surface area contributed by atoms with Gasteiger partial charge in [-0.1, -0.05) is 0 Å². The maximum absolute atomic E-state index is 9.85. The van der Waals surface area contributed by atoms with E-state index in [2.05, 4.69) is 15.0 Å². The molecule has 0 saturated carbocycles. The molecule has 0 bridgehead atoms. The van der Waals surface area contributed by atoms with E-state index in [1.54, 1.807) is 4.57 Å². The quantitative estimate of drug-likeness (QED) is 0.622. The number of hydrogen-bond donors (Lipinski definition) is 3. The topological polar surface area (TPSA) is 119 Å². The van der Waals surface area contributed by atoms with Gasteiger partial charge in [-0.25, -0.2) is 15.0 Å². The Morgan fingerprint density at radius 3 is 2.89 bits per heavy atom. The second-order valence-electron chi connectivity index (χ2n) is 4.27. The summed E-state index contributed by atoms with van der Waals surface area (Å²) in [6.07, 6.45) is 0.418. The fraction of sp³-hybridized carbons (Fsp3) is 0.500. The molecule has 0 spiro atoms. The first-order valence-electron chi connectivity index (χ1n) is 5.65. The maximum atomic E-state index is 9.85. The van der Waals surface area contributed by atoms with Crippen LogP contribution in [0.4, 0.5) is 5.82 Å². The molecule has 3 heterocycles. The highest BCUT2D eigenvalue weighted by Crippen LogP contribution is 2.35. The molecule has 0 amide bonds. The van der Waals surface area contributed by atoms with E-state index >= 15 is 0 Å². The van der Waals surface area contributed by atoms with Crippen molar-refractivity contribution < 1.29 is 14.9 Å². The molecule has 4 N–H and O–H groups in total. The normalized spacial score (nSPS) is 31.1. The van der Waals surface area contributed by atoms with Gasteiger partial charge in [-0.2, -0.15) is 0 Å². The second kappa shape index (κ2) is 4.57. The first-order chi connectivity index (χ1) is 9.13. The Kier molecular flexibility index (Phi) is 3.02. The molecule has 1 unspecified atom stereocenters. The van der Waals surface area contributed by atoms with Gasteiger partial charge in [0.15, 0.2) is 17.7 Å². The van der Waals surface area contributed by atoms with Crippen molar-refractivity contribution in [2.75, 3.05) is 12.3 Å². The van der Waals surface area contributed by atoms with Crippen LogP contribution in [0, 0.1) is 0 Å². The van der Waals surface area contributed by atoms with Gasteiger partial charge in [0, 0.05) is 0 Å². The molecule has 4 atom stereocenters. The van der Waals surface area contributed by atoms with Crippen LogP contribution >= 0.6 is 11.6 Å². The number of imidazole rings is 1. The average molecular weight is 286 g/mol. The van der Waals surface area contributed by atoms with Crippen molar-refractivity contribution in [2.45, 2.75) is 23.8 Å². The molecule has 19 heavy (non-hydrogen) atoms. The zero-order valence-electron chi connectivity index (χ0n) is 9.72. The Morgan fingerprint density at radius 2 is 2.21 bits per heavy atom. The van der Waals surface area contributed by atoms with Gasteiger partial charge in [0.25, 0.3) is 0 Å². The van der Waals surface area contributed by atoms with Gasteiger partial charge >= 0.3 is 0 Å². The third-order valence-corrected chi connectivity index (χ3v) is 3.61. The van der Waals surface area contributed by atoms with Crippen molar-refractivity contribution in [3.63, 3.8) is 0 Å². The van der Waals surface area contributed by atoms with Crippen LogP contribution in [0.5, 0.6) is 0 Å². The van der Waals surface area contributed by atoms with E-state index in [9.17, 15) is 5.11 Å². The Balaban J connectivity index is 2.04. The first-order valence-corrected chi connectivity index (χ1v) is 6.08. The lowest BCUT2D eigenvalue weighted by Crippen LogP contribution is -2.29. The van der Waals surface area contributed by atoms with Gasteiger partial charge in [-0.05, 0) is 0 Å². The van der Waals surface area contributed by atoms with E-state index in [0.29, 0.717) is 11.2 Å². The monoisotopic (exact) mass is 285 g/mol. The van der Waals surface area contributed by atoms with Crippen molar-refractivity contribution in [3.8, 4) is 0 Å². The molecule has 8 nitrogen and oxygen atoms in total. The first kappa shape index (κ1) is 12.5. The minimum absolute atomic E-state index is 0.257. The van der Waals surface area contributed by atoms with E-state index in [0.717, 1.165) is 0 Å². The largest absolute Gasteiger partial charge is 0.394 e. The standard InChI is InChI=1S/C10H12ClN5O3/c11-5-7(18)4(1-17)19-10(5)16-3-15-6-8(12)13-2-14-9(6)16/h2-5,7,10,17-18H,1H2,(H2,12,13,14)/t4-,5?,7+,10-/m1/s1. The van der Waals surface area contributed by atoms with Crippen LogP contribution in [0.15, 0.2) is 12.7 Å². The number of nitrogens with two attached hydrogens (primary N) is 1. The third kappa shape index (κ3) is 1.84. The molecule has 102 valence electrons. The molecule has 0 radical (unpaired) electrons. The molecule has 1 aliphatic heterocycles. The lowest BCUT2D eigenvalue weighted by atomic mass is 10.2. The van der Waals surface area contributed by atoms with Gasteiger partial charge in [-0.3, -0.25) is 4.57 Å². The Bertz CT molecular complexity index is 606. The SMILES string of the molecule is Nc1ncnc2c1ncn2[C@@H]1O[C@H](CO)[C@H](O)C1Cl. The van der Waals surface area contributed by atoms with Crippen LogP contribution in [-0.2, 0) is 4.74 Å². The molecule has 2 aromatic heterocycles. The van der Waals surface area contributed by atoms with E-state index in [1.807, 2.05) is 0 Å². The van der Waals surface area contributed by atoms with Crippen LogP contribution in [0.3, 0.4) is 0 Å². The molecule has 2 aromatic rings. The van der Waals surface area contributed by atoms with Crippen molar-refractivity contribution in [2.24, 2.45) is 0 Å². The minimum Gasteiger partial charge on any atom is -0.394 e. The van der Waals surface area contributed by atoms with E-state index < -0.39 is 23.8 Å². The number of rotatable bonds is 2.